The third kappa shape index (κ3) is 3.76. The molecule has 4 heteroatoms. The molecule has 2 rings (SSSR count). The lowest BCUT2D eigenvalue weighted by Gasteiger charge is -2.06. The largest absolute Gasteiger partial charge is 0.497 e. The molecule has 0 amide bonds. The number of benzene rings is 2. The molecular weight excluding hydrogens is 248 g/mol. The van der Waals surface area contributed by atoms with Crippen molar-refractivity contribution in [3.63, 3.8) is 0 Å². The van der Waals surface area contributed by atoms with Gasteiger partial charge in [0.15, 0.2) is 11.6 Å². The first kappa shape index (κ1) is 13.5. The standard InChI is InChI=1S/C15H15F2NO/c1-19-13-5-2-11(3-6-13)9-18-10-12-4-7-14(16)15(17)8-12/h2-8,18H,9-10H2,1H3. The fraction of sp³-hybridized carbons (Fsp3) is 0.200. The molecular formula is C15H15F2NO. The minimum Gasteiger partial charge on any atom is -0.497 e. The summed E-state index contributed by atoms with van der Waals surface area (Å²) in [6, 6.07) is 11.6. The Kier molecular flexibility index (Phi) is 4.47. The Morgan fingerprint density at radius 2 is 1.53 bits per heavy atom. The SMILES string of the molecule is COc1ccc(CNCc2ccc(F)c(F)c2)cc1. The summed E-state index contributed by atoms with van der Waals surface area (Å²) in [5.41, 5.74) is 1.82. The normalized spacial score (nSPS) is 10.5. The zero-order valence-corrected chi connectivity index (χ0v) is 10.6. The van der Waals surface area contributed by atoms with Crippen molar-refractivity contribution >= 4 is 0 Å². The van der Waals surface area contributed by atoms with Crippen LogP contribution in [0.15, 0.2) is 42.5 Å². The molecule has 2 aromatic carbocycles. The average molecular weight is 263 g/mol. The number of nitrogens with one attached hydrogen (secondary N) is 1. The van der Waals surface area contributed by atoms with Crippen LogP contribution in [0.5, 0.6) is 5.75 Å². The van der Waals surface area contributed by atoms with Crippen molar-refractivity contribution in [2.24, 2.45) is 0 Å². The Morgan fingerprint density at radius 1 is 0.895 bits per heavy atom. The lowest BCUT2D eigenvalue weighted by Crippen LogP contribution is -2.12. The van der Waals surface area contributed by atoms with Crippen LogP contribution in [-0.2, 0) is 13.1 Å². The summed E-state index contributed by atoms with van der Waals surface area (Å²) in [4.78, 5) is 0. The van der Waals surface area contributed by atoms with Crippen LogP contribution < -0.4 is 10.1 Å². The maximum Gasteiger partial charge on any atom is 0.159 e. The van der Waals surface area contributed by atoms with E-state index in [9.17, 15) is 8.78 Å². The van der Waals surface area contributed by atoms with Gasteiger partial charge in [0.25, 0.3) is 0 Å². The van der Waals surface area contributed by atoms with Crippen molar-refractivity contribution in [1.82, 2.24) is 5.32 Å². The van der Waals surface area contributed by atoms with E-state index in [1.165, 1.54) is 6.07 Å². The predicted molar refractivity (Wildman–Crippen MR) is 69.9 cm³/mol. The Morgan fingerprint density at radius 3 is 2.16 bits per heavy atom. The van der Waals surface area contributed by atoms with Crippen LogP contribution in [0.2, 0.25) is 0 Å². The van der Waals surface area contributed by atoms with Gasteiger partial charge in [0.05, 0.1) is 7.11 Å². The molecule has 0 heterocycles. The molecule has 0 aromatic heterocycles. The minimum absolute atomic E-state index is 0.489. The number of methoxy groups -OCH3 is 1. The smallest absolute Gasteiger partial charge is 0.159 e. The summed E-state index contributed by atoms with van der Waals surface area (Å²) in [5.74, 6) is -0.827. The van der Waals surface area contributed by atoms with E-state index in [4.69, 9.17) is 4.74 Å². The molecule has 0 aliphatic rings. The number of halogens is 2. The van der Waals surface area contributed by atoms with E-state index in [2.05, 4.69) is 5.32 Å². The van der Waals surface area contributed by atoms with E-state index in [1.807, 2.05) is 24.3 Å². The van der Waals surface area contributed by atoms with Gasteiger partial charge in [-0.2, -0.15) is 0 Å². The Hall–Kier alpha value is -1.94. The number of hydrogen-bond acceptors (Lipinski definition) is 2. The number of hydrogen-bond donors (Lipinski definition) is 1. The van der Waals surface area contributed by atoms with Crippen LogP contribution in [0.1, 0.15) is 11.1 Å². The van der Waals surface area contributed by atoms with Crippen LogP contribution in [-0.4, -0.2) is 7.11 Å². The second kappa shape index (κ2) is 6.29. The number of ether oxygens (including phenoxy) is 1. The highest BCUT2D eigenvalue weighted by Gasteiger charge is 2.02. The second-order valence-electron chi connectivity index (χ2n) is 4.20. The fourth-order valence-corrected chi connectivity index (χ4v) is 1.74. The van der Waals surface area contributed by atoms with Crippen LogP contribution in [0, 0.1) is 11.6 Å². The first-order chi connectivity index (χ1) is 9.19. The lowest BCUT2D eigenvalue weighted by atomic mass is 10.2. The molecule has 0 spiro atoms. The fourth-order valence-electron chi connectivity index (χ4n) is 1.74. The van der Waals surface area contributed by atoms with E-state index in [-0.39, 0.29) is 0 Å². The molecule has 0 bridgehead atoms. The van der Waals surface area contributed by atoms with E-state index >= 15 is 0 Å². The predicted octanol–water partition coefficient (Wildman–Crippen LogP) is 3.26. The van der Waals surface area contributed by atoms with Crippen LogP contribution in [0.25, 0.3) is 0 Å². The van der Waals surface area contributed by atoms with Crippen molar-refractivity contribution < 1.29 is 13.5 Å². The molecule has 0 aliphatic heterocycles. The molecule has 0 radical (unpaired) electrons. The summed E-state index contributed by atoms with van der Waals surface area (Å²) in [5, 5.41) is 3.17. The van der Waals surface area contributed by atoms with Gasteiger partial charge in [-0.05, 0) is 35.4 Å². The Labute approximate surface area is 111 Å². The molecule has 0 unspecified atom stereocenters. The van der Waals surface area contributed by atoms with Gasteiger partial charge in [-0.1, -0.05) is 18.2 Å². The van der Waals surface area contributed by atoms with E-state index in [0.717, 1.165) is 17.4 Å². The van der Waals surface area contributed by atoms with E-state index in [0.29, 0.717) is 18.7 Å². The Bertz CT molecular complexity index is 540. The zero-order chi connectivity index (χ0) is 13.7. The first-order valence-corrected chi connectivity index (χ1v) is 5.96. The number of rotatable bonds is 5. The minimum atomic E-state index is -0.820. The molecule has 0 atom stereocenters. The quantitative estimate of drug-likeness (QED) is 0.894. The Balaban J connectivity index is 1.86. The van der Waals surface area contributed by atoms with E-state index < -0.39 is 11.6 Å². The first-order valence-electron chi connectivity index (χ1n) is 5.96. The average Bonchev–Trinajstić information content (AvgIpc) is 2.43. The third-order valence-electron chi connectivity index (χ3n) is 2.80. The molecule has 1 N–H and O–H groups in total. The molecule has 0 fully saturated rings. The van der Waals surface area contributed by atoms with Gasteiger partial charge in [0.2, 0.25) is 0 Å². The van der Waals surface area contributed by atoms with Gasteiger partial charge in [-0.25, -0.2) is 8.78 Å². The van der Waals surface area contributed by atoms with Gasteiger partial charge in [0.1, 0.15) is 5.75 Å². The van der Waals surface area contributed by atoms with Crippen LogP contribution in [0.3, 0.4) is 0 Å². The highest BCUT2D eigenvalue weighted by Crippen LogP contribution is 2.12. The molecule has 0 aliphatic carbocycles. The highest BCUT2D eigenvalue weighted by molar-refractivity contribution is 5.27. The summed E-state index contributed by atoms with van der Waals surface area (Å²) in [6.45, 7) is 1.15. The maximum absolute atomic E-state index is 13.0. The van der Waals surface area contributed by atoms with Crippen molar-refractivity contribution in [2.75, 3.05) is 7.11 Å². The van der Waals surface area contributed by atoms with Crippen molar-refractivity contribution in [1.29, 1.82) is 0 Å². The summed E-state index contributed by atoms with van der Waals surface area (Å²) >= 11 is 0. The van der Waals surface area contributed by atoms with Crippen molar-refractivity contribution in [3.05, 3.63) is 65.2 Å². The topological polar surface area (TPSA) is 21.3 Å². The molecule has 0 saturated heterocycles. The summed E-state index contributed by atoms with van der Waals surface area (Å²) in [7, 11) is 1.62. The second-order valence-corrected chi connectivity index (χ2v) is 4.20. The molecule has 19 heavy (non-hydrogen) atoms. The van der Waals surface area contributed by atoms with Crippen molar-refractivity contribution in [3.8, 4) is 5.75 Å². The monoisotopic (exact) mass is 263 g/mol. The lowest BCUT2D eigenvalue weighted by molar-refractivity contribution is 0.414. The van der Waals surface area contributed by atoms with Crippen LogP contribution in [0.4, 0.5) is 8.78 Å². The summed E-state index contributed by atoms with van der Waals surface area (Å²) < 4.78 is 30.8. The van der Waals surface area contributed by atoms with Gasteiger partial charge in [-0.3, -0.25) is 0 Å². The molecule has 0 saturated carbocycles. The maximum atomic E-state index is 13.0. The molecule has 2 nitrogen and oxygen atoms in total. The van der Waals surface area contributed by atoms with E-state index in [1.54, 1.807) is 13.2 Å². The summed E-state index contributed by atoms with van der Waals surface area (Å²) in [6.07, 6.45) is 0. The zero-order valence-electron chi connectivity index (χ0n) is 10.6. The van der Waals surface area contributed by atoms with Crippen LogP contribution >= 0.6 is 0 Å². The van der Waals surface area contributed by atoms with Gasteiger partial charge < -0.3 is 10.1 Å². The van der Waals surface area contributed by atoms with Gasteiger partial charge in [0, 0.05) is 13.1 Å². The van der Waals surface area contributed by atoms with Gasteiger partial charge in [-0.15, -0.1) is 0 Å². The molecule has 2 aromatic rings. The van der Waals surface area contributed by atoms with Gasteiger partial charge >= 0.3 is 0 Å². The highest BCUT2D eigenvalue weighted by atomic mass is 19.2. The van der Waals surface area contributed by atoms with Crippen molar-refractivity contribution in [2.45, 2.75) is 13.1 Å². The molecule has 100 valence electrons. The third-order valence-corrected chi connectivity index (χ3v) is 2.80.